The second-order valence-electron chi connectivity index (χ2n) is 6.17. The summed E-state index contributed by atoms with van der Waals surface area (Å²) in [4.78, 5) is 28.0. The minimum atomic E-state index is -4.44. The number of anilines is 1. The molecular formula is C17H13F3N4O2. The molecule has 6 nitrogen and oxygen atoms in total. The largest absolute Gasteiger partial charge is 0.416 e. The first kappa shape index (κ1) is 16.4. The average molecular weight is 362 g/mol. The smallest absolute Gasteiger partial charge is 0.310 e. The maximum Gasteiger partial charge on any atom is 0.416 e. The van der Waals surface area contributed by atoms with Crippen LogP contribution in [0.2, 0.25) is 0 Å². The molecule has 1 aromatic carbocycles. The number of rotatable bonds is 3. The molecule has 1 fully saturated rings. The molecule has 1 amide bonds. The number of fused-ring (bicyclic) bond motifs is 1. The molecule has 1 aliphatic carbocycles. The molecule has 0 spiro atoms. The van der Waals surface area contributed by atoms with Crippen molar-refractivity contribution in [3.8, 4) is 5.69 Å². The van der Waals surface area contributed by atoms with Crippen LogP contribution in [0.5, 0.6) is 0 Å². The Morgan fingerprint density at radius 1 is 1.23 bits per heavy atom. The Balaban J connectivity index is 1.74. The summed E-state index contributed by atoms with van der Waals surface area (Å²) in [6.45, 7) is 0. The van der Waals surface area contributed by atoms with E-state index < -0.39 is 17.3 Å². The number of nitrogens with zero attached hydrogens (tertiary/aromatic N) is 2. The summed E-state index contributed by atoms with van der Waals surface area (Å²) >= 11 is 0. The minimum Gasteiger partial charge on any atom is -0.310 e. The maximum absolute atomic E-state index is 12.7. The Morgan fingerprint density at radius 3 is 2.54 bits per heavy atom. The molecular weight excluding hydrogens is 349 g/mol. The number of halogens is 3. The average Bonchev–Trinajstić information content (AvgIpc) is 3.39. The van der Waals surface area contributed by atoms with Gasteiger partial charge >= 0.3 is 6.18 Å². The highest BCUT2D eigenvalue weighted by molar-refractivity contribution is 5.94. The molecule has 9 heteroatoms. The Kier molecular flexibility index (Phi) is 3.60. The number of benzene rings is 1. The molecule has 1 saturated carbocycles. The molecule has 0 saturated heterocycles. The number of pyridine rings is 1. The third-order valence-electron chi connectivity index (χ3n) is 4.23. The number of carbonyl (C=O) groups is 1. The Morgan fingerprint density at radius 2 is 1.92 bits per heavy atom. The molecule has 0 aliphatic heterocycles. The van der Waals surface area contributed by atoms with Gasteiger partial charge < -0.3 is 5.32 Å². The number of amides is 1. The third kappa shape index (κ3) is 2.96. The lowest BCUT2D eigenvalue weighted by molar-refractivity contribution is -0.137. The van der Waals surface area contributed by atoms with Gasteiger partial charge in [-0.1, -0.05) is 0 Å². The Bertz CT molecular complexity index is 1050. The van der Waals surface area contributed by atoms with Crippen LogP contribution < -0.4 is 10.9 Å². The zero-order valence-corrected chi connectivity index (χ0v) is 13.3. The van der Waals surface area contributed by atoms with Gasteiger partial charge in [-0.25, -0.2) is 4.98 Å². The number of hydrogen-bond acceptors (Lipinski definition) is 3. The molecule has 26 heavy (non-hydrogen) atoms. The number of aromatic amines is 1. The van der Waals surface area contributed by atoms with Gasteiger partial charge in [0.1, 0.15) is 5.82 Å². The van der Waals surface area contributed by atoms with Crippen molar-refractivity contribution in [2.45, 2.75) is 19.0 Å². The maximum atomic E-state index is 12.7. The summed E-state index contributed by atoms with van der Waals surface area (Å²) < 4.78 is 39.5. The fourth-order valence-electron chi connectivity index (χ4n) is 2.67. The number of alkyl halides is 3. The van der Waals surface area contributed by atoms with Crippen LogP contribution in [0.1, 0.15) is 18.4 Å². The predicted octanol–water partition coefficient (Wildman–Crippen LogP) is 3.08. The first-order valence-electron chi connectivity index (χ1n) is 7.92. The molecule has 4 rings (SSSR count). The standard InChI is InChI=1S/C17H13F3N4O2/c18-17(19,20)10-3-5-11(6-4-10)24-13-7-14(22-15(25)9-1-2-9)21-8-12(13)16(26)23-24/h3-9H,1-2H2,(H,23,26)(H,21,22,25). The van der Waals surface area contributed by atoms with Gasteiger partial charge in [-0.3, -0.25) is 19.4 Å². The lowest BCUT2D eigenvalue weighted by atomic mass is 10.2. The molecule has 0 bridgehead atoms. The van der Waals surface area contributed by atoms with Gasteiger partial charge in [-0.2, -0.15) is 13.2 Å². The summed E-state index contributed by atoms with van der Waals surface area (Å²) in [6, 6.07) is 5.93. The summed E-state index contributed by atoms with van der Waals surface area (Å²) in [5.74, 6) is 0.153. The van der Waals surface area contributed by atoms with Gasteiger partial charge in [0.15, 0.2) is 0 Å². The zero-order chi connectivity index (χ0) is 18.5. The quantitative estimate of drug-likeness (QED) is 0.751. The topological polar surface area (TPSA) is 79.8 Å². The molecule has 2 aromatic heterocycles. The second-order valence-corrected chi connectivity index (χ2v) is 6.17. The van der Waals surface area contributed by atoms with Crippen molar-refractivity contribution < 1.29 is 18.0 Å². The highest BCUT2D eigenvalue weighted by Crippen LogP contribution is 2.31. The molecule has 2 N–H and O–H groups in total. The van der Waals surface area contributed by atoms with Gasteiger partial charge in [-0.15, -0.1) is 0 Å². The molecule has 0 atom stereocenters. The van der Waals surface area contributed by atoms with E-state index in [9.17, 15) is 22.8 Å². The van der Waals surface area contributed by atoms with Crippen LogP contribution >= 0.6 is 0 Å². The van der Waals surface area contributed by atoms with E-state index in [4.69, 9.17) is 0 Å². The number of nitrogens with one attached hydrogen (secondary N) is 2. The van der Waals surface area contributed by atoms with E-state index in [0.717, 1.165) is 25.0 Å². The van der Waals surface area contributed by atoms with Crippen LogP contribution in [-0.2, 0) is 11.0 Å². The monoisotopic (exact) mass is 362 g/mol. The lowest BCUT2D eigenvalue weighted by Crippen LogP contribution is -2.14. The van der Waals surface area contributed by atoms with Crippen LogP contribution in [0.3, 0.4) is 0 Å². The summed E-state index contributed by atoms with van der Waals surface area (Å²) in [7, 11) is 0. The van der Waals surface area contributed by atoms with Crippen LogP contribution in [0.25, 0.3) is 16.6 Å². The molecule has 0 unspecified atom stereocenters. The van der Waals surface area contributed by atoms with E-state index in [0.29, 0.717) is 11.2 Å². The lowest BCUT2D eigenvalue weighted by Gasteiger charge is -2.09. The summed E-state index contributed by atoms with van der Waals surface area (Å²) in [5.41, 5.74) is -0.432. The van der Waals surface area contributed by atoms with E-state index in [1.165, 1.54) is 29.1 Å². The Labute approximate surface area is 144 Å². The molecule has 134 valence electrons. The molecule has 1 aliphatic rings. The van der Waals surface area contributed by atoms with Crippen molar-refractivity contribution in [2.24, 2.45) is 5.92 Å². The van der Waals surface area contributed by atoms with Crippen LogP contribution in [0, 0.1) is 5.92 Å². The Hall–Kier alpha value is -3.10. The van der Waals surface area contributed by atoms with E-state index in [-0.39, 0.29) is 23.0 Å². The minimum absolute atomic E-state index is 0.00386. The van der Waals surface area contributed by atoms with E-state index >= 15 is 0 Å². The summed E-state index contributed by atoms with van der Waals surface area (Å²) in [5, 5.41) is 5.53. The van der Waals surface area contributed by atoms with Crippen molar-refractivity contribution in [2.75, 3.05) is 5.32 Å². The number of H-pyrrole nitrogens is 1. The van der Waals surface area contributed by atoms with Crippen LogP contribution in [0.4, 0.5) is 19.0 Å². The fraction of sp³-hybridized carbons (Fsp3) is 0.235. The normalized spacial score (nSPS) is 14.6. The van der Waals surface area contributed by atoms with Gasteiger partial charge in [0.25, 0.3) is 5.56 Å². The van der Waals surface area contributed by atoms with E-state index in [1.807, 2.05) is 0 Å². The van der Waals surface area contributed by atoms with Gasteiger partial charge in [-0.05, 0) is 37.1 Å². The number of carbonyl (C=O) groups excluding carboxylic acids is 1. The highest BCUT2D eigenvalue weighted by Gasteiger charge is 2.31. The van der Waals surface area contributed by atoms with Crippen molar-refractivity contribution in [1.82, 2.24) is 14.8 Å². The molecule has 2 heterocycles. The van der Waals surface area contributed by atoms with E-state index in [2.05, 4.69) is 15.4 Å². The third-order valence-corrected chi connectivity index (χ3v) is 4.23. The number of hydrogen-bond donors (Lipinski definition) is 2. The molecule has 0 radical (unpaired) electrons. The van der Waals surface area contributed by atoms with Crippen molar-refractivity contribution >= 4 is 22.6 Å². The van der Waals surface area contributed by atoms with Crippen molar-refractivity contribution in [3.05, 3.63) is 52.4 Å². The zero-order valence-electron chi connectivity index (χ0n) is 13.3. The molecule has 3 aromatic rings. The van der Waals surface area contributed by atoms with Crippen molar-refractivity contribution in [1.29, 1.82) is 0 Å². The van der Waals surface area contributed by atoms with Crippen LogP contribution in [-0.4, -0.2) is 20.7 Å². The SMILES string of the molecule is O=C(Nc1cc2c(cn1)c(=O)[nH]n2-c1ccc(C(F)(F)F)cc1)C1CC1. The highest BCUT2D eigenvalue weighted by atomic mass is 19.4. The predicted molar refractivity (Wildman–Crippen MR) is 88.0 cm³/mol. The van der Waals surface area contributed by atoms with E-state index in [1.54, 1.807) is 0 Å². The first-order valence-corrected chi connectivity index (χ1v) is 7.92. The van der Waals surface area contributed by atoms with Gasteiger partial charge in [0, 0.05) is 18.2 Å². The summed E-state index contributed by atoms with van der Waals surface area (Å²) in [6.07, 6.45) is -1.42. The van der Waals surface area contributed by atoms with Crippen LogP contribution in [0.15, 0.2) is 41.3 Å². The van der Waals surface area contributed by atoms with Gasteiger partial charge in [0.05, 0.1) is 22.2 Å². The second kappa shape index (κ2) is 5.72. The first-order chi connectivity index (χ1) is 12.3. The van der Waals surface area contributed by atoms with Gasteiger partial charge in [0.2, 0.25) is 5.91 Å². The fourth-order valence-corrected chi connectivity index (χ4v) is 2.67. The number of aromatic nitrogens is 3. The van der Waals surface area contributed by atoms with Crippen molar-refractivity contribution in [3.63, 3.8) is 0 Å².